The molecular weight excluding hydrogens is 586 g/mol. The minimum Gasteiger partial charge on any atom is -0.508 e. The molecule has 0 spiro atoms. The summed E-state index contributed by atoms with van der Waals surface area (Å²) in [7, 11) is 0. The van der Waals surface area contributed by atoms with Crippen molar-refractivity contribution in [3.8, 4) is 5.75 Å². The molecule has 5 aliphatic rings. The van der Waals surface area contributed by atoms with Gasteiger partial charge in [0.05, 0.1) is 18.5 Å². The number of nitrogens with one attached hydrogen (secondary N) is 1. The highest BCUT2D eigenvalue weighted by Gasteiger charge is 2.62. The third kappa shape index (κ3) is 5.65. The molecule has 2 aromatic carbocycles. The maximum absolute atomic E-state index is 13.8. The van der Waals surface area contributed by atoms with Crippen LogP contribution >= 0.6 is 15.9 Å². The number of hydrogen-bond acceptors (Lipinski definition) is 5. The van der Waals surface area contributed by atoms with E-state index in [4.69, 9.17) is 0 Å². The van der Waals surface area contributed by atoms with Crippen LogP contribution in [0.25, 0.3) is 0 Å². The highest BCUT2D eigenvalue weighted by atomic mass is 79.9. The summed E-state index contributed by atoms with van der Waals surface area (Å²) in [6, 6.07) is 12.5. The molecule has 5 fully saturated rings. The zero-order chi connectivity index (χ0) is 28.7. The van der Waals surface area contributed by atoms with Gasteiger partial charge in [-0.3, -0.25) is 19.2 Å². The largest absolute Gasteiger partial charge is 0.508 e. The van der Waals surface area contributed by atoms with Crippen molar-refractivity contribution in [1.82, 2.24) is 15.1 Å². The van der Waals surface area contributed by atoms with Gasteiger partial charge in [0.25, 0.3) is 5.91 Å². The molecule has 8 nitrogen and oxygen atoms in total. The molecule has 1 aliphatic heterocycles. The molecular formula is C32H36BrN3O5. The molecule has 2 unspecified atom stereocenters. The second-order valence-electron chi connectivity index (χ2n) is 12.5. The molecule has 7 rings (SSSR count). The molecule has 0 radical (unpaired) electrons. The number of carbonyl (C=O) groups is 4. The van der Waals surface area contributed by atoms with Gasteiger partial charge in [-0.05, 0) is 92.2 Å². The number of carbonyl (C=O) groups excluding carboxylic acids is 4. The van der Waals surface area contributed by atoms with E-state index in [1.807, 2.05) is 6.07 Å². The van der Waals surface area contributed by atoms with Crippen molar-refractivity contribution >= 4 is 39.4 Å². The van der Waals surface area contributed by atoms with E-state index in [1.54, 1.807) is 47.4 Å². The second kappa shape index (κ2) is 11.2. The van der Waals surface area contributed by atoms with Gasteiger partial charge in [0.2, 0.25) is 11.8 Å². The van der Waals surface area contributed by atoms with E-state index in [0.29, 0.717) is 42.8 Å². The Balaban J connectivity index is 1.15. The lowest BCUT2D eigenvalue weighted by Gasteiger charge is -2.38. The molecule has 41 heavy (non-hydrogen) atoms. The summed E-state index contributed by atoms with van der Waals surface area (Å²) in [5.74, 6) is 1.17. The molecule has 2 N–H and O–H groups in total. The first-order valence-electron chi connectivity index (χ1n) is 14.6. The molecule has 3 amide bonds. The quantitative estimate of drug-likeness (QED) is 0.508. The van der Waals surface area contributed by atoms with Crippen molar-refractivity contribution in [2.45, 2.75) is 51.0 Å². The van der Waals surface area contributed by atoms with Gasteiger partial charge >= 0.3 is 0 Å². The summed E-state index contributed by atoms with van der Waals surface area (Å²) in [6.07, 6.45) is 6.29. The molecule has 0 aromatic heterocycles. The zero-order valence-corrected chi connectivity index (χ0v) is 24.6. The van der Waals surface area contributed by atoms with Gasteiger partial charge in [-0.25, -0.2) is 0 Å². The van der Waals surface area contributed by atoms with Crippen LogP contribution in [0.1, 0.15) is 54.4 Å². The minimum absolute atomic E-state index is 0.0272. The Kier molecular flexibility index (Phi) is 7.66. The Labute approximate surface area is 248 Å². The first kappa shape index (κ1) is 27.9. The first-order valence-corrected chi connectivity index (χ1v) is 15.4. The van der Waals surface area contributed by atoms with Crippen LogP contribution in [0.4, 0.5) is 0 Å². The van der Waals surface area contributed by atoms with Crippen molar-refractivity contribution in [3.05, 3.63) is 64.1 Å². The van der Waals surface area contributed by atoms with E-state index in [0.717, 1.165) is 35.7 Å². The maximum Gasteiger partial charge on any atom is 0.251 e. The van der Waals surface area contributed by atoms with Crippen LogP contribution < -0.4 is 5.32 Å². The number of phenolic OH excluding ortho intramolecular Hbond substituents is 1. The molecule has 4 aliphatic carbocycles. The van der Waals surface area contributed by atoms with Crippen molar-refractivity contribution < 1.29 is 24.3 Å². The number of amides is 3. The van der Waals surface area contributed by atoms with Gasteiger partial charge in [-0.2, -0.15) is 0 Å². The molecule has 1 heterocycles. The average Bonchev–Trinajstić information content (AvgIpc) is 3.34. The maximum atomic E-state index is 13.8. The molecule has 1 saturated heterocycles. The van der Waals surface area contributed by atoms with E-state index in [1.165, 1.54) is 11.3 Å². The smallest absolute Gasteiger partial charge is 0.251 e. The summed E-state index contributed by atoms with van der Waals surface area (Å²) in [6.45, 7) is 0.711. The summed E-state index contributed by atoms with van der Waals surface area (Å²) in [5, 5.41) is 12.6. The summed E-state index contributed by atoms with van der Waals surface area (Å²) in [4.78, 5) is 57.4. The number of phenols is 1. The van der Waals surface area contributed by atoms with Crippen LogP contribution in [-0.2, 0) is 20.8 Å². The minimum atomic E-state index is -0.903. The van der Waals surface area contributed by atoms with E-state index in [2.05, 4.69) is 21.2 Å². The highest BCUT2D eigenvalue weighted by Crippen LogP contribution is 2.65. The number of Topliss-reactive ketones (excluding diaryl/α,β-unsaturated/α-hetero) is 1. The molecule has 3 atom stereocenters. The van der Waals surface area contributed by atoms with Crippen LogP contribution in [0.2, 0.25) is 0 Å². The Hall–Kier alpha value is -3.20. The Bertz CT molecular complexity index is 1350. The number of rotatable bonds is 6. The Morgan fingerprint density at radius 2 is 1.66 bits per heavy atom. The van der Waals surface area contributed by atoms with Gasteiger partial charge in [-0.15, -0.1) is 0 Å². The summed E-state index contributed by atoms with van der Waals surface area (Å²) >= 11 is 3.38. The van der Waals surface area contributed by atoms with Crippen LogP contribution in [0.3, 0.4) is 0 Å². The van der Waals surface area contributed by atoms with Crippen LogP contribution in [-0.4, -0.2) is 70.6 Å². The van der Waals surface area contributed by atoms with E-state index in [-0.39, 0.29) is 48.3 Å². The first-order chi connectivity index (χ1) is 19.7. The number of nitrogens with zero attached hydrogens (tertiary/aromatic N) is 2. The highest BCUT2D eigenvalue weighted by molar-refractivity contribution is 9.10. The fourth-order valence-electron chi connectivity index (χ4n) is 8.07. The summed E-state index contributed by atoms with van der Waals surface area (Å²) < 4.78 is 0.748. The third-order valence-electron chi connectivity index (χ3n) is 9.67. The number of ketones is 1. The molecule has 9 heteroatoms. The summed E-state index contributed by atoms with van der Waals surface area (Å²) in [5.41, 5.74) is 0.912. The van der Waals surface area contributed by atoms with Crippen molar-refractivity contribution in [2.75, 3.05) is 26.2 Å². The van der Waals surface area contributed by atoms with Gasteiger partial charge in [0, 0.05) is 29.5 Å². The lowest BCUT2D eigenvalue weighted by molar-refractivity contribution is -0.148. The van der Waals surface area contributed by atoms with Crippen LogP contribution in [0.15, 0.2) is 53.0 Å². The molecule has 4 bridgehead atoms. The van der Waals surface area contributed by atoms with Crippen LogP contribution in [0, 0.1) is 23.2 Å². The van der Waals surface area contributed by atoms with Crippen LogP contribution in [0.5, 0.6) is 5.75 Å². The van der Waals surface area contributed by atoms with Gasteiger partial charge in [0.1, 0.15) is 11.8 Å². The third-order valence-corrected chi connectivity index (χ3v) is 10.2. The Morgan fingerprint density at radius 1 is 0.976 bits per heavy atom. The van der Waals surface area contributed by atoms with Crippen molar-refractivity contribution in [2.24, 2.45) is 23.2 Å². The zero-order valence-electron chi connectivity index (χ0n) is 23.1. The predicted octanol–water partition coefficient (Wildman–Crippen LogP) is 3.95. The normalized spacial score (nSPS) is 27.8. The molecule has 2 aromatic rings. The number of aromatic hydroxyl groups is 1. The van der Waals surface area contributed by atoms with Crippen molar-refractivity contribution in [1.29, 1.82) is 0 Å². The van der Waals surface area contributed by atoms with E-state index < -0.39 is 11.9 Å². The SMILES string of the molecule is O=C1CN(C(=O)[C@H](Cc2ccc(O)cc2)NC(=O)c2cccc(Br)c2)CCCN(C(=O)C23CC4CC(CC2C4)C3)C1. The fourth-order valence-corrected chi connectivity index (χ4v) is 8.47. The Morgan fingerprint density at radius 3 is 2.37 bits per heavy atom. The average molecular weight is 623 g/mol. The predicted molar refractivity (Wildman–Crippen MR) is 156 cm³/mol. The standard InChI is InChI=1S/C32H36BrN3O5/c33-25-4-1-3-23(15-25)29(39)34-28(14-20-5-7-26(37)8-6-20)30(40)35-9-2-10-36(19-27(38)18-35)31(41)32-16-21-11-22(17-32)13-24(32)12-21/h1,3-8,15,21-22,24,28,37H,2,9-14,16-19H2,(H,34,39)/t21?,22?,24?,28-,32?/m0/s1. The van der Waals surface area contributed by atoms with E-state index >= 15 is 0 Å². The topological polar surface area (TPSA) is 107 Å². The molecule has 216 valence electrons. The van der Waals surface area contributed by atoms with Gasteiger partial charge < -0.3 is 20.2 Å². The number of hydrogen-bond donors (Lipinski definition) is 2. The lowest BCUT2D eigenvalue weighted by Crippen LogP contribution is -2.55. The van der Waals surface area contributed by atoms with Gasteiger partial charge in [0.15, 0.2) is 5.78 Å². The van der Waals surface area contributed by atoms with Gasteiger partial charge in [-0.1, -0.05) is 34.1 Å². The monoisotopic (exact) mass is 621 g/mol. The van der Waals surface area contributed by atoms with Crippen molar-refractivity contribution in [3.63, 3.8) is 0 Å². The lowest BCUT2D eigenvalue weighted by atomic mass is 9.74. The fraction of sp³-hybridized carbons (Fsp3) is 0.500. The molecule has 4 saturated carbocycles. The number of benzene rings is 2. The van der Waals surface area contributed by atoms with E-state index in [9.17, 15) is 24.3 Å². The number of halogens is 1. The second-order valence-corrected chi connectivity index (χ2v) is 13.4.